The molecule has 0 saturated carbocycles. The SMILES string of the molecule is COc1cc(CNCCN2CCOCC2)cc2[nH]c(=O)c3c(c12)NCCC3.Cl.Cl.Cl. The fraction of sp³-hybridized carbons (Fsp3) is 0.550. The number of H-pyrrole nitrogens is 1. The average molecular weight is 482 g/mol. The van der Waals surface area contributed by atoms with Crippen LogP contribution in [0.15, 0.2) is 16.9 Å². The second kappa shape index (κ2) is 12.6. The van der Waals surface area contributed by atoms with E-state index in [0.717, 1.165) is 98.8 Å². The summed E-state index contributed by atoms with van der Waals surface area (Å²) in [6.07, 6.45) is 1.79. The molecule has 7 nitrogen and oxygen atoms in total. The lowest BCUT2D eigenvalue weighted by molar-refractivity contribution is 0.0384. The Morgan fingerprint density at radius 3 is 2.70 bits per heavy atom. The number of benzene rings is 1. The Bertz CT molecular complexity index is 872. The van der Waals surface area contributed by atoms with Crippen LogP contribution in [0.25, 0.3) is 10.9 Å². The van der Waals surface area contributed by atoms with Gasteiger partial charge in [0.15, 0.2) is 0 Å². The van der Waals surface area contributed by atoms with Crippen LogP contribution >= 0.6 is 37.2 Å². The third-order valence-electron chi connectivity index (χ3n) is 5.40. The minimum absolute atomic E-state index is 0. The van der Waals surface area contributed by atoms with Crippen molar-refractivity contribution in [2.24, 2.45) is 0 Å². The number of anilines is 1. The van der Waals surface area contributed by atoms with Gasteiger partial charge in [-0.15, -0.1) is 37.2 Å². The zero-order valence-electron chi connectivity index (χ0n) is 17.1. The Kier molecular flexibility index (Phi) is 11.3. The number of hydrogen-bond donors (Lipinski definition) is 3. The van der Waals surface area contributed by atoms with Gasteiger partial charge in [0.2, 0.25) is 0 Å². The Morgan fingerprint density at radius 2 is 1.97 bits per heavy atom. The number of pyridine rings is 1. The maximum Gasteiger partial charge on any atom is 0.253 e. The summed E-state index contributed by atoms with van der Waals surface area (Å²) in [5.74, 6) is 0.805. The van der Waals surface area contributed by atoms with Gasteiger partial charge < -0.3 is 25.1 Å². The molecule has 1 aromatic carbocycles. The van der Waals surface area contributed by atoms with Crippen LogP contribution < -0.4 is 20.9 Å². The fourth-order valence-electron chi connectivity index (χ4n) is 3.96. The highest BCUT2D eigenvalue weighted by Crippen LogP contribution is 2.35. The lowest BCUT2D eigenvalue weighted by Gasteiger charge is -2.26. The van der Waals surface area contributed by atoms with Crippen molar-refractivity contribution < 1.29 is 9.47 Å². The molecule has 3 N–H and O–H groups in total. The molecule has 0 amide bonds. The molecule has 3 heterocycles. The molecule has 0 atom stereocenters. The maximum absolute atomic E-state index is 12.5. The van der Waals surface area contributed by atoms with Gasteiger partial charge in [-0.3, -0.25) is 9.69 Å². The highest BCUT2D eigenvalue weighted by atomic mass is 35.5. The van der Waals surface area contributed by atoms with Crippen molar-refractivity contribution in [3.8, 4) is 5.75 Å². The van der Waals surface area contributed by atoms with E-state index in [1.54, 1.807) is 7.11 Å². The minimum Gasteiger partial charge on any atom is -0.496 e. The molecular weight excluding hydrogens is 451 g/mol. The summed E-state index contributed by atoms with van der Waals surface area (Å²) in [4.78, 5) is 17.9. The zero-order chi connectivity index (χ0) is 18.6. The Labute approximate surface area is 195 Å². The number of halogens is 3. The number of nitrogens with one attached hydrogen (secondary N) is 3. The zero-order valence-corrected chi connectivity index (χ0v) is 19.6. The van der Waals surface area contributed by atoms with Crippen LogP contribution in [0.4, 0.5) is 5.69 Å². The molecule has 2 aliphatic heterocycles. The Hall–Kier alpha value is -1.22. The van der Waals surface area contributed by atoms with Crippen LogP contribution in [0, 0.1) is 0 Å². The Morgan fingerprint density at radius 1 is 1.20 bits per heavy atom. The maximum atomic E-state index is 12.5. The summed E-state index contributed by atoms with van der Waals surface area (Å²) in [6, 6.07) is 4.12. The molecule has 10 heteroatoms. The number of morpholine rings is 1. The molecule has 1 fully saturated rings. The monoisotopic (exact) mass is 480 g/mol. The topological polar surface area (TPSA) is 78.6 Å². The van der Waals surface area contributed by atoms with E-state index in [1.807, 2.05) is 0 Å². The molecular formula is C20H31Cl3N4O3. The first kappa shape index (κ1) is 26.8. The van der Waals surface area contributed by atoms with Gasteiger partial charge in [0.1, 0.15) is 5.75 Å². The molecule has 0 unspecified atom stereocenters. The summed E-state index contributed by atoms with van der Waals surface area (Å²) >= 11 is 0. The van der Waals surface area contributed by atoms with Gasteiger partial charge in [-0.05, 0) is 30.5 Å². The highest BCUT2D eigenvalue weighted by molar-refractivity contribution is 5.98. The van der Waals surface area contributed by atoms with E-state index in [9.17, 15) is 4.79 Å². The molecule has 30 heavy (non-hydrogen) atoms. The van der Waals surface area contributed by atoms with E-state index in [2.05, 4.69) is 32.7 Å². The molecule has 4 rings (SSSR count). The van der Waals surface area contributed by atoms with Gasteiger partial charge in [0, 0.05) is 44.8 Å². The normalized spacial score (nSPS) is 15.8. The highest BCUT2D eigenvalue weighted by Gasteiger charge is 2.19. The summed E-state index contributed by atoms with van der Waals surface area (Å²) in [7, 11) is 1.69. The van der Waals surface area contributed by atoms with Gasteiger partial charge >= 0.3 is 0 Å². The number of methoxy groups -OCH3 is 1. The van der Waals surface area contributed by atoms with E-state index in [-0.39, 0.29) is 42.8 Å². The second-order valence-corrected chi connectivity index (χ2v) is 7.19. The van der Waals surface area contributed by atoms with Crippen LogP contribution in [0.5, 0.6) is 5.75 Å². The van der Waals surface area contributed by atoms with Crippen LogP contribution in [0.2, 0.25) is 0 Å². The number of nitrogens with zero attached hydrogens (tertiary/aromatic N) is 1. The second-order valence-electron chi connectivity index (χ2n) is 7.19. The molecule has 1 saturated heterocycles. The average Bonchev–Trinajstić information content (AvgIpc) is 2.71. The smallest absolute Gasteiger partial charge is 0.253 e. The van der Waals surface area contributed by atoms with E-state index in [1.165, 1.54) is 0 Å². The first-order valence-corrected chi connectivity index (χ1v) is 9.76. The van der Waals surface area contributed by atoms with E-state index < -0.39 is 0 Å². The summed E-state index contributed by atoms with van der Waals surface area (Å²) in [6.45, 7) is 7.23. The molecule has 2 aliphatic rings. The third-order valence-corrected chi connectivity index (χ3v) is 5.40. The minimum atomic E-state index is 0. The van der Waals surface area contributed by atoms with Crippen molar-refractivity contribution in [1.29, 1.82) is 0 Å². The standard InChI is InChI=1S/C20H28N4O3.3ClH/c1-26-17-12-14(13-21-5-6-24-7-9-27-10-8-24)11-16-18(17)19-15(20(25)23-16)3-2-4-22-19;;;/h11-12,21-22H,2-10,13H2,1H3,(H,23,25);3*1H. The largest absolute Gasteiger partial charge is 0.496 e. The molecule has 0 spiro atoms. The number of rotatable bonds is 6. The number of hydrogen-bond acceptors (Lipinski definition) is 6. The van der Waals surface area contributed by atoms with Crippen molar-refractivity contribution in [2.45, 2.75) is 19.4 Å². The lowest BCUT2D eigenvalue weighted by Crippen LogP contribution is -2.40. The number of fused-ring (bicyclic) bond motifs is 3. The van der Waals surface area contributed by atoms with Crippen molar-refractivity contribution in [3.05, 3.63) is 33.6 Å². The number of ether oxygens (including phenoxy) is 2. The molecule has 0 aliphatic carbocycles. The first-order valence-electron chi connectivity index (χ1n) is 9.76. The van der Waals surface area contributed by atoms with E-state index in [0.29, 0.717) is 0 Å². The van der Waals surface area contributed by atoms with Crippen molar-refractivity contribution in [2.75, 3.05) is 58.4 Å². The van der Waals surface area contributed by atoms with Crippen LogP contribution in [0.3, 0.4) is 0 Å². The molecule has 1 aromatic heterocycles. The summed E-state index contributed by atoms with van der Waals surface area (Å²) in [5.41, 5.74) is 3.71. The van der Waals surface area contributed by atoms with Crippen LogP contribution in [-0.4, -0.2) is 62.9 Å². The predicted molar refractivity (Wildman–Crippen MR) is 129 cm³/mol. The van der Waals surface area contributed by atoms with Gasteiger partial charge in [-0.1, -0.05) is 0 Å². The lowest BCUT2D eigenvalue weighted by atomic mass is 10.00. The van der Waals surface area contributed by atoms with Crippen molar-refractivity contribution >= 4 is 53.8 Å². The fourth-order valence-corrected chi connectivity index (χ4v) is 3.96. The van der Waals surface area contributed by atoms with Gasteiger partial charge in [-0.25, -0.2) is 0 Å². The molecule has 0 bridgehead atoms. The number of aromatic amines is 1. The number of aromatic nitrogens is 1. The van der Waals surface area contributed by atoms with Crippen molar-refractivity contribution in [1.82, 2.24) is 15.2 Å². The Balaban J connectivity index is 0.00000150. The van der Waals surface area contributed by atoms with Crippen molar-refractivity contribution in [3.63, 3.8) is 0 Å². The quantitative estimate of drug-likeness (QED) is 0.551. The van der Waals surface area contributed by atoms with Gasteiger partial charge in [0.05, 0.1) is 36.9 Å². The summed E-state index contributed by atoms with van der Waals surface area (Å²) < 4.78 is 11.0. The first-order chi connectivity index (χ1) is 13.3. The molecule has 170 valence electrons. The van der Waals surface area contributed by atoms with Gasteiger partial charge in [0.25, 0.3) is 5.56 Å². The summed E-state index contributed by atoms with van der Waals surface area (Å²) in [5, 5.41) is 7.87. The van der Waals surface area contributed by atoms with Crippen LogP contribution in [0.1, 0.15) is 17.5 Å². The third kappa shape index (κ3) is 5.93. The van der Waals surface area contributed by atoms with E-state index >= 15 is 0 Å². The molecule has 0 radical (unpaired) electrons. The molecule has 2 aromatic rings. The predicted octanol–water partition coefficient (Wildman–Crippen LogP) is 2.58. The van der Waals surface area contributed by atoms with E-state index in [4.69, 9.17) is 9.47 Å². The van der Waals surface area contributed by atoms with Crippen LogP contribution in [-0.2, 0) is 17.7 Å². The van der Waals surface area contributed by atoms with Gasteiger partial charge in [-0.2, -0.15) is 0 Å².